The van der Waals surface area contributed by atoms with E-state index in [4.69, 9.17) is 25.8 Å². The average molecular weight is 418 g/mol. The number of benzene rings is 2. The van der Waals surface area contributed by atoms with Gasteiger partial charge in [0.1, 0.15) is 5.75 Å². The summed E-state index contributed by atoms with van der Waals surface area (Å²) in [4.78, 5) is 24.4. The van der Waals surface area contributed by atoms with E-state index in [2.05, 4.69) is 5.32 Å². The van der Waals surface area contributed by atoms with Crippen molar-refractivity contribution < 1.29 is 23.8 Å². The molecule has 0 bridgehead atoms. The smallest absolute Gasteiger partial charge is 0.220 e. The van der Waals surface area contributed by atoms with Crippen molar-refractivity contribution in [3.8, 4) is 17.2 Å². The standard InChI is InChI=1S/C22H24ClNO5/c1-2-27-17-6-4-16(5-7-17)19(25)8-9-21(26)24-14-15-12-18(23)22-20(13-15)28-10-3-11-29-22/h4-7,12-13H,2-3,8-11,14H2,1H3,(H,24,26). The average Bonchev–Trinajstić information content (AvgIpc) is 2.97. The van der Waals surface area contributed by atoms with E-state index in [1.54, 1.807) is 30.3 Å². The largest absolute Gasteiger partial charge is 0.494 e. The first kappa shape index (κ1) is 21.0. The lowest BCUT2D eigenvalue weighted by Crippen LogP contribution is -2.23. The Bertz CT molecular complexity index is 866. The molecule has 2 aromatic carbocycles. The van der Waals surface area contributed by atoms with Crippen molar-refractivity contribution in [2.75, 3.05) is 19.8 Å². The summed E-state index contributed by atoms with van der Waals surface area (Å²) in [6.45, 7) is 3.89. The van der Waals surface area contributed by atoms with Gasteiger partial charge < -0.3 is 19.5 Å². The molecule has 0 unspecified atom stereocenters. The fourth-order valence-electron chi connectivity index (χ4n) is 2.95. The van der Waals surface area contributed by atoms with Gasteiger partial charge in [-0.1, -0.05) is 11.6 Å². The normalized spacial score (nSPS) is 12.8. The number of carbonyl (C=O) groups is 2. The molecule has 1 aliphatic rings. The molecule has 0 spiro atoms. The molecular formula is C22H24ClNO5. The number of ketones is 1. The van der Waals surface area contributed by atoms with Crippen LogP contribution in [0.4, 0.5) is 0 Å². The number of fused-ring (bicyclic) bond motifs is 1. The molecule has 0 saturated heterocycles. The third-order valence-corrected chi connectivity index (χ3v) is 4.70. The fraction of sp³-hybridized carbons (Fsp3) is 0.364. The molecular weight excluding hydrogens is 394 g/mol. The second-order valence-corrected chi connectivity index (χ2v) is 7.02. The van der Waals surface area contributed by atoms with Crippen molar-refractivity contribution in [3.05, 3.63) is 52.5 Å². The molecule has 1 heterocycles. The summed E-state index contributed by atoms with van der Waals surface area (Å²) in [5.41, 5.74) is 1.38. The minimum absolute atomic E-state index is 0.0816. The number of hydrogen-bond acceptors (Lipinski definition) is 5. The van der Waals surface area contributed by atoms with Crippen LogP contribution in [0.5, 0.6) is 17.2 Å². The van der Waals surface area contributed by atoms with Crippen LogP contribution in [0.3, 0.4) is 0 Å². The van der Waals surface area contributed by atoms with Gasteiger partial charge in [-0.25, -0.2) is 0 Å². The molecule has 0 radical (unpaired) electrons. The van der Waals surface area contributed by atoms with Crippen LogP contribution in [0, 0.1) is 0 Å². The van der Waals surface area contributed by atoms with Crippen molar-refractivity contribution in [3.63, 3.8) is 0 Å². The first-order valence-electron chi connectivity index (χ1n) is 9.67. The minimum atomic E-state index is -0.201. The molecule has 29 heavy (non-hydrogen) atoms. The molecule has 3 rings (SSSR count). The van der Waals surface area contributed by atoms with Gasteiger partial charge in [0.05, 0.1) is 24.8 Å². The molecule has 1 aliphatic heterocycles. The van der Waals surface area contributed by atoms with Crippen LogP contribution in [0.1, 0.15) is 42.1 Å². The van der Waals surface area contributed by atoms with Gasteiger partial charge in [0.15, 0.2) is 17.3 Å². The maximum Gasteiger partial charge on any atom is 0.220 e. The van der Waals surface area contributed by atoms with Crippen LogP contribution >= 0.6 is 11.6 Å². The Kier molecular flexibility index (Phi) is 7.36. The van der Waals surface area contributed by atoms with Gasteiger partial charge in [-0.15, -0.1) is 0 Å². The molecule has 0 fully saturated rings. The summed E-state index contributed by atoms with van der Waals surface area (Å²) in [5, 5.41) is 3.27. The Hall–Kier alpha value is -2.73. The van der Waals surface area contributed by atoms with Gasteiger partial charge in [-0.3, -0.25) is 9.59 Å². The highest BCUT2D eigenvalue weighted by Crippen LogP contribution is 2.37. The van der Waals surface area contributed by atoms with Gasteiger partial charge in [0.2, 0.25) is 5.91 Å². The molecule has 0 atom stereocenters. The van der Waals surface area contributed by atoms with Crippen molar-refractivity contribution in [2.24, 2.45) is 0 Å². The maximum atomic E-state index is 12.3. The summed E-state index contributed by atoms with van der Waals surface area (Å²) in [7, 11) is 0. The van der Waals surface area contributed by atoms with Crippen LogP contribution in [0.15, 0.2) is 36.4 Å². The molecule has 1 amide bonds. The number of amides is 1. The molecule has 154 valence electrons. The number of halogens is 1. The zero-order chi connectivity index (χ0) is 20.6. The summed E-state index contributed by atoms with van der Waals surface area (Å²) in [6.07, 6.45) is 1.05. The van der Waals surface area contributed by atoms with Gasteiger partial charge in [0.25, 0.3) is 0 Å². The van der Waals surface area contributed by atoms with Crippen LogP contribution < -0.4 is 19.5 Å². The first-order chi connectivity index (χ1) is 14.1. The third kappa shape index (κ3) is 5.87. The van der Waals surface area contributed by atoms with Crippen molar-refractivity contribution in [1.82, 2.24) is 5.32 Å². The predicted octanol–water partition coefficient (Wildman–Crippen LogP) is 4.18. The van der Waals surface area contributed by atoms with Crippen molar-refractivity contribution >= 4 is 23.3 Å². The highest BCUT2D eigenvalue weighted by molar-refractivity contribution is 6.32. The first-order valence-corrected chi connectivity index (χ1v) is 10.1. The Labute approximate surface area is 175 Å². The lowest BCUT2D eigenvalue weighted by Gasteiger charge is -2.12. The van der Waals surface area contributed by atoms with E-state index in [1.165, 1.54) is 0 Å². The topological polar surface area (TPSA) is 73.9 Å². The van der Waals surface area contributed by atoms with E-state index < -0.39 is 0 Å². The van der Waals surface area contributed by atoms with Crippen LogP contribution in [-0.2, 0) is 11.3 Å². The Morgan fingerprint density at radius 1 is 1.10 bits per heavy atom. The number of ether oxygens (including phenoxy) is 3. The van der Waals surface area contributed by atoms with Gasteiger partial charge in [-0.2, -0.15) is 0 Å². The van der Waals surface area contributed by atoms with Crippen LogP contribution in [0.25, 0.3) is 0 Å². The van der Waals surface area contributed by atoms with Gasteiger partial charge >= 0.3 is 0 Å². The molecule has 2 aromatic rings. The second-order valence-electron chi connectivity index (χ2n) is 6.61. The minimum Gasteiger partial charge on any atom is -0.494 e. The fourth-order valence-corrected chi connectivity index (χ4v) is 3.24. The van der Waals surface area contributed by atoms with Gasteiger partial charge in [-0.05, 0) is 48.9 Å². The van der Waals surface area contributed by atoms with Crippen molar-refractivity contribution in [2.45, 2.75) is 32.7 Å². The van der Waals surface area contributed by atoms with E-state index in [9.17, 15) is 9.59 Å². The number of nitrogens with one attached hydrogen (secondary N) is 1. The van der Waals surface area contributed by atoms with E-state index >= 15 is 0 Å². The molecule has 0 aromatic heterocycles. The number of Topliss-reactive ketones (excluding diaryl/α,β-unsaturated/α-hetero) is 1. The maximum absolute atomic E-state index is 12.3. The number of hydrogen-bond donors (Lipinski definition) is 1. The summed E-state index contributed by atoms with van der Waals surface area (Å²) in [6, 6.07) is 10.5. The van der Waals surface area contributed by atoms with Crippen LogP contribution in [-0.4, -0.2) is 31.5 Å². The molecule has 0 aliphatic carbocycles. The zero-order valence-electron chi connectivity index (χ0n) is 16.3. The van der Waals surface area contributed by atoms with E-state index in [1.807, 2.05) is 13.0 Å². The molecule has 1 N–H and O–H groups in total. The predicted molar refractivity (Wildman–Crippen MR) is 110 cm³/mol. The summed E-state index contributed by atoms with van der Waals surface area (Å²) < 4.78 is 16.6. The third-order valence-electron chi connectivity index (χ3n) is 4.42. The van der Waals surface area contributed by atoms with Gasteiger partial charge in [0, 0.05) is 31.4 Å². The van der Waals surface area contributed by atoms with E-state index in [0.717, 1.165) is 17.7 Å². The molecule has 6 nitrogen and oxygen atoms in total. The Balaban J connectivity index is 1.49. The van der Waals surface area contributed by atoms with Crippen LogP contribution in [0.2, 0.25) is 5.02 Å². The summed E-state index contributed by atoms with van der Waals surface area (Å²) in [5.74, 6) is 1.56. The monoisotopic (exact) mass is 417 g/mol. The quantitative estimate of drug-likeness (QED) is 0.652. The Morgan fingerprint density at radius 2 is 1.86 bits per heavy atom. The highest BCUT2D eigenvalue weighted by Gasteiger charge is 2.16. The summed E-state index contributed by atoms with van der Waals surface area (Å²) >= 11 is 6.27. The lowest BCUT2D eigenvalue weighted by molar-refractivity contribution is -0.121. The Morgan fingerprint density at radius 3 is 2.62 bits per heavy atom. The zero-order valence-corrected chi connectivity index (χ0v) is 17.1. The number of rotatable bonds is 8. The lowest BCUT2D eigenvalue weighted by atomic mass is 10.1. The number of carbonyl (C=O) groups excluding carboxylic acids is 2. The SMILES string of the molecule is CCOc1ccc(C(=O)CCC(=O)NCc2cc(Cl)c3c(c2)OCCCO3)cc1. The highest BCUT2D eigenvalue weighted by atomic mass is 35.5. The molecule has 7 heteroatoms. The van der Waals surface area contributed by atoms with E-state index in [0.29, 0.717) is 48.5 Å². The second kappa shape index (κ2) is 10.2. The molecule has 0 saturated carbocycles. The van der Waals surface area contributed by atoms with E-state index in [-0.39, 0.29) is 24.5 Å². The van der Waals surface area contributed by atoms with Crippen molar-refractivity contribution in [1.29, 1.82) is 0 Å².